The Labute approximate surface area is 190 Å². The number of methoxy groups -OCH3 is 1. The Bertz CT molecular complexity index is 1280. The summed E-state index contributed by atoms with van der Waals surface area (Å²) in [6.07, 6.45) is 7.80. The van der Waals surface area contributed by atoms with Crippen LogP contribution >= 0.6 is 0 Å². The molecule has 170 valence electrons. The first-order valence-electron chi connectivity index (χ1n) is 10.9. The summed E-state index contributed by atoms with van der Waals surface area (Å²) in [7, 11) is 1.67. The summed E-state index contributed by atoms with van der Waals surface area (Å²) in [5, 5.41) is 16.2. The van der Waals surface area contributed by atoms with Crippen LogP contribution in [-0.2, 0) is 16.1 Å². The van der Waals surface area contributed by atoms with Crippen LogP contribution in [-0.4, -0.2) is 60.4 Å². The van der Waals surface area contributed by atoms with Crippen LogP contribution in [0.2, 0.25) is 0 Å². The molecule has 1 amide bonds. The maximum Gasteiger partial charge on any atom is 0.225 e. The number of aromatic nitrogens is 7. The number of nitrogens with zero attached hydrogens (tertiary/aromatic N) is 7. The van der Waals surface area contributed by atoms with E-state index in [0.29, 0.717) is 36.7 Å². The highest BCUT2D eigenvalue weighted by Gasteiger charge is 2.28. The van der Waals surface area contributed by atoms with E-state index >= 15 is 0 Å². The van der Waals surface area contributed by atoms with Crippen LogP contribution < -0.4 is 11.1 Å². The van der Waals surface area contributed by atoms with Crippen LogP contribution in [0.4, 0.5) is 5.95 Å². The molecule has 0 radical (unpaired) electrons. The molecule has 1 aromatic carbocycles. The zero-order valence-electron chi connectivity index (χ0n) is 18.3. The SMILES string of the molecule is COCCn1cc(-c2cccc(-n3nnc4cnc(NC5CCC(C(N)=O)C5)nc43)c2)cn1. The normalized spacial score (nSPS) is 18.1. The molecule has 2 unspecified atom stereocenters. The van der Waals surface area contributed by atoms with Crippen molar-refractivity contribution in [3.63, 3.8) is 0 Å². The number of ether oxygens (including phenoxy) is 1. The first-order chi connectivity index (χ1) is 16.1. The van der Waals surface area contributed by atoms with Crippen LogP contribution in [0.3, 0.4) is 0 Å². The molecule has 1 aliphatic rings. The third-order valence-electron chi connectivity index (χ3n) is 5.94. The van der Waals surface area contributed by atoms with Gasteiger partial charge < -0.3 is 15.8 Å². The van der Waals surface area contributed by atoms with Crippen molar-refractivity contribution in [2.24, 2.45) is 11.7 Å². The molecule has 3 aromatic heterocycles. The van der Waals surface area contributed by atoms with Gasteiger partial charge in [-0.3, -0.25) is 9.48 Å². The van der Waals surface area contributed by atoms with Crippen molar-refractivity contribution < 1.29 is 9.53 Å². The van der Waals surface area contributed by atoms with E-state index in [9.17, 15) is 4.79 Å². The molecule has 4 aromatic rings. The number of carbonyl (C=O) groups is 1. The van der Waals surface area contributed by atoms with Gasteiger partial charge in [0.1, 0.15) is 0 Å². The van der Waals surface area contributed by atoms with Crippen molar-refractivity contribution in [3.8, 4) is 16.8 Å². The Balaban J connectivity index is 1.40. The second-order valence-electron chi connectivity index (χ2n) is 8.19. The predicted molar refractivity (Wildman–Crippen MR) is 121 cm³/mol. The highest BCUT2D eigenvalue weighted by Crippen LogP contribution is 2.28. The number of anilines is 1. The van der Waals surface area contributed by atoms with E-state index in [0.717, 1.165) is 29.7 Å². The molecule has 3 heterocycles. The van der Waals surface area contributed by atoms with Gasteiger partial charge in [-0.05, 0) is 37.0 Å². The average molecular weight is 448 g/mol. The van der Waals surface area contributed by atoms with Crippen molar-refractivity contribution >= 4 is 23.0 Å². The largest absolute Gasteiger partial charge is 0.383 e. The predicted octanol–water partition coefficient (Wildman–Crippen LogP) is 1.79. The van der Waals surface area contributed by atoms with Gasteiger partial charge in [0.2, 0.25) is 11.9 Å². The second-order valence-corrected chi connectivity index (χ2v) is 8.19. The van der Waals surface area contributed by atoms with Gasteiger partial charge in [-0.15, -0.1) is 5.10 Å². The minimum atomic E-state index is -0.248. The van der Waals surface area contributed by atoms with Crippen molar-refractivity contribution in [2.75, 3.05) is 19.0 Å². The minimum Gasteiger partial charge on any atom is -0.383 e. The third-order valence-corrected chi connectivity index (χ3v) is 5.94. The number of nitrogens with one attached hydrogen (secondary N) is 1. The lowest BCUT2D eigenvalue weighted by Gasteiger charge is -2.12. The molecule has 0 saturated heterocycles. The fraction of sp³-hybridized carbons (Fsp3) is 0.364. The van der Waals surface area contributed by atoms with Gasteiger partial charge in [-0.2, -0.15) is 14.8 Å². The Morgan fingerprint density at radius 3 is 3.00 bits per heavy atom. The number of primary amides is 1. The molecule has 0 spiro atoms. The molecule has 0 bridgehead atoms. The molecule has 1 aliphatic carbocycles. The van der Waals surface area contributed by atoms with E-state index in [2.05, 4.69) is 30.7 Å². The van der Waals surface area contributed by atoms with E-state index in [1.165, 1.54) is 0 Å². The molecule has 33 heavy (non-hydrogen) atoms. The van der Waals surface area contributed by atoms with Crippen LogP contribution in [0.25, 0.3) is 28.0 Å². The average Bonchev–Trinajstić information content (AvgIpc) is 3.57. The topological polar surface area (TPSA) is 139 Å². The molecule has 1 fully saturated rings. The number of benzene rings is 1. The molecule has 2 atom stereocenters. The lowest BCUT2D eigenvalue weighted by molar-refractivity contribution is -0.121. The van der Waals surface area contributed by atoms with E-state index in [1.807, 2.05) is 41.3 Å². The second kappa shape index (κ2) is 8.94. The summed E-state index contributed by atoms with van der Waals surface area (Å²) in [5.41, 5.74) is 9.49. The summed E-state index contributed by atoms with van der Waals surface area (Å²) in [5.74, 6) is 0.138. The number of rotatable bonds is 8. The number of nitrogens with two attached hydrogens (primary N) is 1. The standard InChI is InChI=1S/C22H25N9O2/c1-33-8-7-30-13-16(11-25-30)14-3-2-4-18(10-14)31-21-19(28-29-31)12-24-22(27-21)26-17-6-5-15(9-17)20(23)32/h2-4,10-13,15,17H,5-9H2,1H3,(H2,23,32)(H,24,26,27). The number of hydrogen-bond donors (Lipinski definition) is 2. The van der Waals surface area contributed by atoms with Crippen molar-refractivity contribution in [2.45, 2.75) is 31.8 Å². The highest BCUT2D eigenvalue weighted by molar-refractivity contribution is 5.77. The Morgan fingerprint density at radius 1 is 1.27 bits per heavy atom. The number of hydrogen-bond acceptors (Lipinski definition) is 8. The highest BCUT2D eigenvalue weighted by atomic mass is 16.5. The fourth-order valence-electron chi connectivity index (χ4n) is 4.16. The summed E-state index contributed by atoms with van der Waals surface area (Å²) in [6.45, 7) is 1.30. The smallest absolute Gasteiger partial charge is 0.225 e. The molecule has 1 saturated carbocycles. The molecular weight excluding hydrogens is 422 g/mol. The Kier molecular flexibility index (Phi) is 5.69. The van der Waals surface area contributed by atoms with Crippen molar-refractivity contribution in [3.05, 3.63) is 42.9 Å². The molecule has 3 N–H and O–H groups in total. The van der Waals surface area contributed by atoms with Crippen molar-refractivity contribution in [1.82, 2.24) is 34.7 Å². The van der Waals surface area contributed by atoms with E-state index in [1.54, 1.807) is 18.0 Å². The van der Waals surface area contributed by atoms with Gasteiger partial charge in [0.15, 0.2) is 11.2 Å². The van der Waals surface area contributed by atoms with Gasteiger partial charge in [0, 0.05) is 30.8 Å². The van der Waals surface area contributed by atoms with Gasteiger partial charge in [-0.25, -0.2) is 4.98 Å². The quantitative estimate of drug-likeness (QED) is 0.417. The van der Waals surface area contributed by atoms with E-state index < -0.39 is 0 Å². The monoisotopic (exact) mass is 447 g/mol. The molecule has 0 aliphatic heterocycles. The number of carbonyl (C=O) groups excluding carboxylic acids is 1. The van der Waals surface area contributed by atoms with E-state index in [4.69, 9.17) is 10.5 Å². The molecule has 11 nitrogen and oxygen atoms in total. The van der Waals surface area contributed by atoms with Crippen LogP contribution in [0.1, 0.15) is 19.3 Å². The summed E-state index contributed by atoms with van der Waals surface area (Å²) < 4.78 is 8.67. The van der Waals surface area contributed by atoms with Crippen LogP contribution in [0.5, 0.6) is 0 Å². The maximum absolute atomic E-state index is 11.5. The lowest BCUT2D eigenvalue weighted by Crippen LogP contribution is -2.23. The fourth-order valence-corrected chi connectivity index (χ4v) is 4.16. The van der Waals surface area contributed by atoms with Crippen LogP contribution in [0.15, 0.2) is 42.9 Å². The van der Waals surface area contributed by atoms with Gasteiger partial charge >= 0.3 is 0 Å². The number of amides is 1. The summed E-state index contributed by atoms with van der Waals surface area (Å²) in [6, 6.07) is 8.08. The minimum absolute atomic E-state index is 0.0972. The molecular formula is C22H25N9O2. The molecule has 5 rings (SSSR count). The van der Waals surface area contributed by atoms with Gasteiger partial charge in [0.25, 0.3) is 0 Å². The zero-order chi connectivity index (χ0) is 22.8. The van der Waals surface area contributed by atoms with Crippen molar-refractivity contribution in [1.29, 1.82) is 0 Å². The third kappa shape index (κ3) is 4.40. The van der Waals surface area contributed by atoms with Gasteiger partial charge in [-0.1, -0.05) is 17.3 Å². The number of fused-ring (bicyclic) bond motifs is 1. The lowest BCUT2D eigenvalue weighted by atomic mass is 10.1. The molecule has 11 heteroatoms. The summed E-state index contributed by atoms with van der Waals surface area (Å²) >= 11 is 0. The first kappa shape index (κ1) is 21.0. The van der Waals surface area contributed by atoms with Gasteiger partial charge in [0.05, 0.1) is 31.2 Å². The Hall–Kier alpha value is -3.86. The summed E-state index contributed by atoms with van der Waals surface area (Å²) in [4.78, 5) is 20.5. The van der Waals surface area contributed by atoms with Crippen LogP contribution in [0, 0.1) is 5.92 Å². The van der Waals surface area contributed by atoms with E-state index in [-0.39, 0.29) is 17.9 Å². The Morgan fingerprint density at radius 2 is 2.18 bits per heavy atom. The first-order valence-corrected chi connectivity index (χ1v) is 10.9. The zero-order valence-corrected chi connectivity index (χ0v) is 18.3. The maximum atomic E-state index is 11.5.